The van der Waals surface area contributed by atoms with Gasteiger partial charge in [-0.15, -0.1) is 0 Å². The van der Waals surface area contributed by atoms with Crippen LogP contribution in [0.5, 0.6) is 11.6 Å². The summed E-state index contributed by atoms with van der Waals surface area (Å²) in [5.74, 6) is -2.19. The van der Waals surface area contributed by atoms with Crippen molar-refractivity contribution in [2.75, 3.05) is 16.8 Å². The minimum absolute atomic E-state index is 0.0310. The number of rotatable bonds is 13. The summed E-state index contributed by atoms with van der Waals surface area (Å²) in [6.45, 7) is 0.341. The van der Waals surface area contributed by atoms with Gasteiger partial charge < -0.3 is 41.7 Å². The fourth-order valence-electron chi connectivity index (χ4n) is 4.66. The lowest BCUT2D eigenvalue weighted by Gasteiger charge is -2.15. The molecule has 19 nitrogen and oxygen atoms in total. The molecule has 0 unspecified atom stereocenters. The number of benzene rings is 2. The van der Waals surface area contributed by atoms with Crippen LogP contribution in [0.15, 0.2) is 65.8 Å². The predicted molar refractivity (Wildman–Crippen MR) is 177 cm³/mol. The van der Waals surface area contributed by atoms with Gasteiger partial charge in [-0.1, -0.05) is 12.1 Å². The molecule has 0 spiro atoms. The zero-order valence-electron chi connectivity index (χ0n) is 25.9. The Labute approximate surface area is 280 Å². The normalized spacial score (nSPS) is 11.6. The fourth-order valence-corrected chi connectivity index (χ4v) is 4.66. The van der Waals surface area contributed by atoms with Crippen LogP contribution in [-0.2, 0) is 22.7 Å². The van der Waals surface area contributed by atoms with E-state index in [4.69, 9.17) is 20.9 Å². The number of aromatic amines is 2. The number of hydrogen-bond donors (Lipinski definition) is 7. The Balaban J connectivity index is 0.963. The van der Waals surface area contributed by atoms with Crippen LogP contribution in [0.3, 0.4) is 0 Å². The number of fused-ring (bicyclic) bond motifs is 2. The first-order valence-electron chi connectivity index (χ1n) is 14.9. The average molecular weight is 681 g/mol. The maximum absolute atomic E-state index is 12.8. The van der Waals surface area contributed by atoms with Crippen LogP contribution in [0.1, 0.15) is 34.5 Å². The first-order chi connectivity index (χ1) is 24.1. The van der Waals surface area contributed by atoms with Gasteiger partial charge in [0, 0.05) is 17.7 Å². The van der Waals surface area contributed by atoms with E-state index in [9.17, 15) is 24.3 Å². The topological polar surface area (TPSA) is 292 Å². The number of hydrogen-bond acceptors (Lipinski definition) is 15. The number of carboxylic acids is 1. The van der Waals surface area contributed by atoms with Crippen molar-refractivity contribution >= 4 is 57.8 Å². The SMILES string of the molecule is Nc1nc(OCc2ccc(OC(=O)CC[C@H](NC(=O)c3ccc(NCc4cnc5nc(N)[nH]c(=O)c5n4)cc3)C(=O)O)cc2)c2nc[nH]c2n1. The highest BCUT2D eigenvalue weighted by molar-refractivity contribution is 5.97. The molecule has 1 atom stereocenters. The Hall–Kier alpha value is -7.18. The lowest BCUT2D eigenvalue weighted by molar-refractivity contribution is -0.140. The molecule has 254 valence electrons. The molecule has 50 heavy (non-hydrogen) atoms. The van der Waals surface area contributed by atoms with Crippen LogP contribution in [0.4, 0.5) is 17.6 Å². The number of nitrogens with two attached hydrogens (primary N) is 2. The Morgan fingerprint density at radius 3 is 2.48 bits per heavy atom. The van der Waals surface area contributed by atoms with E-state index in [2.05, 4.69) is 50.5 Å². The Kier molecular flexibility index (Phi) is 9.36. The van der Waals surface area contributed by atoms with Gasteiger partial charge in [-0.25, -0.2) is 19.7 Å². The minimum atomic E-state index is -1.34. The monoisotopic (exact) mass is 680 g/mol. The number of H-pyrrole nitrogens is 2. The van der Waals surface area contributed by atoms with E-state index in [0.717, 1.165) is 5.56 Å². The molecule has 0 fully saturated rings. The number of ether oxygens (including phenoxy) is 2. The van der Waals surface area contributed by atoms with Crippen molar-refractivity contribution in [3.8, 4) is 11.6 Å². The summed E-state index contributed by atoms with van der Waals surface area (Å²) in [6, 6.07) is 11.4. The number of nitrogens with zero attached hydrogens (tertiary/aromatic N) is 6. The van der Waals surface area contributed by atoms with Crippen LogP contribution in [0, 0.1) is 0 Å². The summed E-state index contributed by atoms with van der Waals surface area (Å²) in [6.07, 6.45) is 2.43. The van der Waals surface area contributed by atoms with Crippen molar-refractivity contribution in [1.29, 1.82) is 0 Å². The zero-order valence-corrected chi connectivity index (χ0v) is 25.9. The number of aromatic nitrogens is 8. The van der Waals surface area contributed by atoms with E-state index in [1.165, 1.54) is 24.7 Å². The van der Waals surface area contributed by atoms with E-state index < -0.39 is 29.4 Å². The van der Waals surface area contributed by atoms with Crippen molar-refractivity contribution in [2.24, 2.45) is 0 Å². The lowest BCUT2D eigenvalue weighted by Crippen LogP contribution is -2.41. The van der Waals surface area contributed by atoms with Gasteiger partial charge in [0.1, 0.15) is 18.4 Å². The number of amides is 1. The van der Waals surface area contributed by atoms with Gasteiger partial charge in [0.05, 0.1) is 24.8 Å². The number of anilines is 3. The second-order valence-electron chi connectivity index (χ2n) is 10.7. The van der Waals surface area contributed by atoms with Crippen molar-refractivity contribution in [1.82, 2.24) is 45.2 Å². The maximum Gasteiger partial charge on any atom is 0.326 e. The molecule has 19 heteroatoms. The summed E-state index contributed by atoms with van der Waals surface area (Å²) >= 11 is 0. The van der Waals surface area contributed by atoms with Gasteiger partial charge in [-0.3, -0.25) is 19.4 Å². The standard InChI is InChI=1S/C31H28N12O7/c32-30-40-24-22(27(46)42-30)38-18(12-35-24)11-34-17-5-3-16(4-6-17)26(45)39-20(29(47)48)9-10-21(44)50-19-7-1-15(2-8-19)13-49-28-23-25(37-14-36-23)41-31(33)43-28/h1-8,12,14,20,34H,9-11,13H2,(H,39,45)(H,47,48)(H3,32,35,40,42,46)(H3,33,36,37,41,43)/t20-/m0/s1. The van der Waals surface area contributed by atoms with Crippen LogP contribution in [-0.4, -0.2) is 68.9 Å². The van der Waals surface area contributed by atoms with E-state index in [0.29, 0.717) is 22.5 Å². The van der Waals surface area contributed by atoms with E-state index in [1.807, 2.05) is 0 Å². The van der Waals surface area contributed by atoms with Gasteiger partial charge in [-0.2, -0.15) is 15.0 Å². The molecular weight excluding hydrogens is 652 g/mol. The van der Waals surface area contributed by atoms with Crippen molar-refractivity contribution in [3.63, 3.8) is 0 Å². The fraction of sp³-hybridized carbons (Fsp3) is 0.161. The van der Waals surface area contributed by atoms with Gasteiger partial charge in [0.2, 0.25) is 17.8 Å². The number of carbonyl (C=O) groups excluding carboxylic acids is 2. The smallest absolute Gasteiger partial charge is 0.326 e. The molecule has 6 rings (SSSR count). The largest absolute Gasteiger partial charge is 0.480 e. The second-order valence-corrected chi connectivity index (χ2v) is 10.7. The summed E-state index contributed by atoms with van der Waals surface area (Å²) in [4.78, 5) is 79.0. The zero-order chi connectivity index (χ0) is 35.2. The van der Waals surface area contributed by atoms with Crippen LogP contribution in [0.25, 0.3) is 22.3 Å². The number of imidazole rings is 1. The number of aliphatic carboxylic acids is 1. The molecule has 0 aliphatic carbocycles. The molecule has 0 saturated carbocycles. The number of nitrogen functional groups attached to an aromatic ring is 2. The van der Waals surface area contributed by atoms with Gasteiger partial charge in [0.15, 0.2) is 22.3 Å². The molecule has 0 bridgehead atoms. The molecule has 1 amide bonds. The van der Waals surface area contributed by atoms with Crippen LogP contribution >= 0.6 is 0 Å². The molecule has 9 N–H and O–H groups in total. The number of carbonyl (C=O) groups is 3. The van der Waals surface area contributed by atoms with E-state index in [1.54, 1.807) is 36.4 Å². The summed E-state index contributed by atoms with van der Waals surface area (Å²) in [5.41, 5.74) is 13.8. The van der Waals surface area contributed by atoms with E-state index >= 15 is 0 Å². The summed E-state index contributed by atoms with van der Waals surface area (Å²) in [5, 5.41) is 15.2. The Morgan fingerprint density at radius 1 is 0.940 bits per heavy atom. The third-order valence-corrected chi connectivity index (χ3v) is 7.14. The number of carboxylic acid groups (broad SMARTS) is 1. The molecule has 6 aromatic rings. The number of nitrogens with one attached hydrogen (secondary N) is 4. The third kappa shape index (κ3) is 7.85. The first kappa shape index (κ1) is 32.7. The van der Waals surface area contributed by atoms with Crippen molar-refractivity contribution in [2.45, 2.75) is 32.0 Å². The maximum atomic E-state index is 12.8. The molecule has 4 heterocycles. The molecule has 0 aliphatic rings. The molecular formula is C31H28N12O7. The summed E-state index contributed by atoms with van der Waals surface area (Å²) < 4.78 is 11.1. The van der Waals surface area contributed by atoms with Gasteiger partial charge in [0.25, 0.3) is 11.5 Å². The summed E-state index contributed by atoms with van der Waals surface area (Å²) in [7, 11) is 0. The molecule has 0 saturated heterocycles. The van der Waals surface area contributed by atoms with Crippen LogP contribution in [0.2, 0.25) is 0 Å². The molecule has 4 aromatic heterocycles. The Bertz CT molecular complexity index is 2260. The Morgan fingerprint density at radius 2 is 1.72 bits per heavy atom. The van der Waals surface area contributed by atoms with Crippen LogP contribution < -0.4 is 37.1 Å². The first-order valence-corrected chi connectivity index (χ1v) is 14.9. The number of esters is 1. The highest BCUT2D eigenvalue weighted by Crippen LogP contribution is 2.22. The second kappa shape index (κ2) is 14.3. The average Bonchev–Trinajstić information content (AvgIpc) is 3.57. The molecule has 2 aromatic carbocycles. The predicted octanol–water partition coefficient (Wildman–Crippen LogP) is 1.30. The van der Waals surface area contributed by atoms with Gasteiger partial charge >= 0.3 is 11.9 Å². The minimum Gasteiger partial charge on any atom is -0.480 e. The third-order valence-electron chi connectivity index (χ3n) is 7.14. The molecule has 0 radical (unpaired) electrons. The highest BCUT2D eigenvalue weighted by atomic mass is 16.5. The van der Waals surface area contributed by atoms with Gasteiger partial charge in [-0.05, 0) is 48.4 Å². The quantitative estimate of drug-likeness (QED) is 0.0668. The van der Waals surface area contributed by atoms with Crippen molar-refractivity contribution < 1.29 is 29.0 Å². The van der Waals surface area contributed by atoms with E-state index in [-0.39, 0.29) is 66.2 Å². The lowest BCUT2D eigenvalue weighted by atomic mass is 10.1. The molecule has 0 aliphatic heterocycles. The van der Waals surface area contributed by atoms with Crippen molar-refractivity contribution in [3.05, 3.63) is 88.2 Å². The highest BCUT2D eigenvalue weighted by Gasteiger charge is 2.22.